The molecule has 0 amide bonds. The highest BCUT2D eigenvalue weighted by Crippen LogP contribution is 2.04. The summed E-state index contributed by atoms with van der Waals surface area (Å²) < 4.78 is 4.88. The van der Waals surface area contributed by atoms with Crippen LogP contribution in [0.5, 0.6) is 0 Å². The molecule has 0 aromatic rings. The minimum Gasteiger partial charge on any atom is -0.461 e. The van der Waals surface area contributed by atoms with Crippen LogP contribution >= 0.6 is 0 Å². The average Bonchev–Trinajstić information content (AvgIpc) is 2.20. The number of hydrogen-bond acceptors (Lipinski definition) is 3. The van der Waals surface area contributed by atoms with Crippen LogP contribution in [0.2, 0.25) is 0 Å². The highest BCUT2D eigenvalue weighted by atomic mass is 16.5. The molecule has 0 atom stereocenters. The van der Waals surface area contributed by atoms with Crippen LogP contribution in [-0.2, 0) is 9.53 Å². The van der Waals surface area contributed by atoms with Gasteiger partial charge in [-0.3, -0.25) is 0 Å². The van der Waals surface area contributed by atoms with Gasteiger partial charge in [-0.05, 0) is 19.8 Å². The third-order valence-corrected chi connectivity index (χ3v) is 1.93. The predicted octanol–water partition coefficient (Wildman–Crippen LogP) is 2.01. The Kier molecular flexibility index (Phi) is 8.24. The number of nitrogens with two attached hydrogens (primary N) is 1. The van der Waals surface area contributed by atoms with Gasteiger partial charge in [-0.2, -0.15) is 0 Å². The topological polar surface area (TPSA) is 52.3 Å². The quantitative estimate of drug-likeness (QED) is 0.387. The van der Waals surface area contributed by atoms with Gasteiger partial charge in [0.1, 0.15) is 6.61 Å². The molecular weight excluding hydrogens is 178 g/mol. The summed E-state index contributed by atoms with van der Waals surface area (Å²) in [7, 11) is 0. The molecule has 0 aliphatic rings. The summed E-state index contributed by atoms with van der Waals surface area (Å²) in [4.78, 5) is 11.2. The van der Waals surface area contributed by atoms with Crippen molar-refractivity contribution in [3.8, 4) is 0 Å². The third-order valence-electron chi connectivity index (χ3n) is 1.93. The van der Waals surface area contributed by atoms with Gasteiger partial charge in [-0.1, -0.05) is 25.8 Å². The summed E-state index contributed by atoms with van der Waals surface area (Å²) in [6, 6.07) is 0. The van der Waals surface area contributed by atoms with E-state index in [2.05, 4.69) is 6.92 Å². The first-order valence-electron chi connectivity index (χ1n) is 5.26. The molecule has 2 N–H and O–H groups in total. The number of ether oxygens (including phenoxy) is 1. The molecule has 0 bridgehead atoms. The summed E-state index contributed by atoms with van der Waals surface area (Å²) in [6.45, 7) is 4.63. The Morgan fingerprint density at radius 3 is 2.71 bits per heavy atom. The summed E-state index contributed by atoms with van der Waals surface area (Å²) >= 11 is 0. The van der Waals surface area contributed by atoms with Crippen molar-refractivity contribution < 1.29 is 9.53 Å². The van der Waals surface area contributed by atoms with E-state index in [1.54, 1.807) is 6.92 Å². The van der Waals surface area contributed by atoms with Gasteiger partial charge in [0.2, 0.25) is 0 Å². The maximum Gasteiger partial charge on any atom is 0.333 e. The molecule has 14 heavy (non-hydrogen) atoms. The van der Waals surface area contributed by atoms with E-state index >= 15 is 0 Å². The lowest BCUT2D eigenvalue weighted by Gasteiger charge is -2.02. The molecule has 0 aromatic carbocycles. The molecule has 0 rings (SSSR count). The lowest BCUT2D eigenvalue weighted by Crippen LogP contribution is -2.14. The van der Waals surface area contributed by atoms with Gasteiger partial charge in [0.05, 0.1) is 0 Å². The maximum absolute atomic E-state index is 11.2. The van der Waals surface area contributed by atoms with E-state index in [4.69, 9.17) is 10.5 Å². The van der Waals surface area contributed by atoms with Crippen molar-refractivity contribution >= 4 is 5.97 Å². The molecule has 0 radical (unpaired) electrons. The Hall–Kier alpha value is -0.830. The Bertz CT molecular complexity index is 188. The Balaban J connectivity index is 3.68. The van der Waals surface area contributed by atoms with Gasteiger partial charge in [-0.15, -0.1) is 0 Å². The first-order chi connectivity index (χ1) is 6.72. The zero-order valence-corrected chi connectivity index (χ0v) is 9.21. The molecule has 3 heteroatoms. The van der Waals surface area contributed by atoms with Crippen LogP contribution in [-0.4, -0.2) is 19.1 Å². The highest BCUT2D eigenvalue weighted by Gasteiger charge is 2.03. The molecule has 0 unspecified atom stereocenters. The van der Waals surface area contributed by atoms with Crippen LogP contribution in [0.3, 0.4) is 0 Å². The minimum absolute atomic E-state index is 0.244. The standard InChI is InChI=1S/C11H21NO2/c1-3-4-5-6-7-10(2)11(13)14-9-8-12/h7H,3-6,8-9,12H2,1-2H3. The van der Waals surface area contributed by atoms with Crippen molar-refractivity contribution in [1.82, 2.24) is 0 Å². The lowest BCUT2D eigenvalue weighted by atomic mass is 10.1. The van der Waals surface area contributed by atoms with Crippen molar-refractivity contribution in [2.45, 2.75) is 39.5 Å². The number of carbonyl (C=O) groups is 1. The summed E-state index contributed by atoms with van der Waals surface area (Å²) in [5.74, 6) is -0.244. The van der Waals surface area contributed by atoms with Crippen molar-refractivity contribution in [3.05, 3.63) is 11.6 Å². The molecule has 0 fully saturated rings. The van der Waals surface area contributed by atoms with Gasteiger partial charge in [0.25, 0.3) is 0 Å². The first-order valence-corrected chi connectivity index (χ1v) is 5.26. The normalized spacial score (nSPS) is 11.5. The molecule has 0 aliphatic carbocycles. The molecule has 0 saturated carbocycles. The number of unbranched alkanes of at least 4 members (excludes halogenated alkanes) is 3. The Morgan fingerprint density at radius 1 is 1.43 bits per heavy atom. The van der Waals surface area contributed by atoms with Gasteiger partial charge < -0.3 is 10.5 Å². The van der Waals surface area contributed by atoms with Crippen molar-refractivity contribution in [3.63, 3.8) is 0 Å². The highest BCUT2D eigenvalue weighted by molar-refractivity contribution is 5.87. The summed E-state index contributed by atoms with van der Waals surface area (Å²) in [5, 5.41) is 0. The van der Waals surface area contributed by atoms with Gasteiger partial charge in [0, 0.05) is 12.1 Å². The molecular formula is C11H21NO2. The van der Waals surface area contributed by atoms with Crippen LogP contribution in [0.1, 0.15) is 39.5 Å². The molecule has 0 saturated heterocycles. The van der Waals surface area contributed by atoms with Crippen LogP contribution in [0.25, 0.3) is 0 Å². The smallest absolute Gasteiger partial charge is 0.333 e. The molecule has 3 nitrogen and oxygen atoms in total. The average molecular weight is 199 g/mol. The third kappa shape index (κ3) is 6.66. The largest absolute Gasteiger partial charge is 0.461 e. The van der Waals surface area contributed by atoms with Crippen molar-refractivity contribution in [2.24, 2.45) is 5.73 Å². The van der Waals surface area contributed by atoms with Crippen LogP contribution in [0.4, 0.5) is 0 Å². The maximum atomic E-state index is 11.2. The number of esters is 1. The molecule has 0 aliphatic heterocycles. The second kappa shape index (κ2) is 8.75. The van der Waals surface area contributed by atoms with Crippen molar-refractivity contribution in [2.75, 3.05) is 13.2 Å². The van der Waals surface area contributed by atoms with Crippen LogP contribution in [0, 0.1) is 0 Å². The second-order valence-corrected chi connectivity index (χ2v) is 3.31. The zero-order valence-electron chi connectivity index (χ0n) is 9.21. The Labute approximate surface area is 86.3 Å². The summed E-state index contributed by atoms with van der Waals surface area (Å²) in [6.07, 6.45) is 6.44. The number of carbonyl (C=O) groups excluding carboxylic acids is 1. The van der Waals surface area contributed by atoms with Gasteiger partial charge in [0.15, 0.2) is 0 Å². The van der Waals surface area contributed by atoms with Crippen LogP contribution in [0.15, 0.2) is 11.6 Å². The van der Waals surface area contributed by atoms with E-state index in [1.165, 1.54) is 12.8 Å². The van der Waals surface area contributed by atoms with Gasteiger partial charge >= 0.3 is 5.97 Å². The van der Waals surface area contributed by atoms with E-state index in [0.717, 1.165) is 12.8 Å². The number of rotatable bonds is 7. The molecule has 0 heterocycles. The zero-order chi connectivity index (χ0) is 10.8. The Morgan fingerprint density at radius 2 is 2.14 bits per heavy atom. The fourth-order valence-corrected chi connectivity index (χ4v) is 1.06. The number of allylic oxidation sites excluding steroid dienone is 1. The molecule has 0 spiro atoms. The monoisotopic (exact) mass is 199 g/mol. The molecule has 82 valence electrons. The first kappa shape index (κ1) is 13.2. The summed E-state index contributed by atoms with van der Waals surface area (Å²) in [5.41, 5.74) is 5.91. The van der Waals surface area contributed by atoms with E-state index in [-0.39, 0.29) is 5.97 Å². The van der Waals surface area contributed by atoms with E-state index in [1.807, 2.05) is 6.08 Å². The second-order valence-electron chi connectivity index (χ2n) is 3.31. The fraction of sp³-hybridized carbons (Fsp3) is 0.727. The minimum atomic E-state index is -0.244. The lowest BCUT2D eigenvalue weighted by molar-refractivity contribution is -0.138. The predicted molar refractivity (Wildman–Crippen MR) is 57.9 cm³/mol. The molecule has 0 aromatic heterocycles. The van der Waals surface area contributed by atoms with Gasteiger partial charge in [-0.25, -0.2) is 4.79 Å². The fourth-order valence-electron chi connectivity index (χ4n) is 1.06. The van der Waals surface area contributed by atoms with Crippen LogP contribution < -0.4 is 5.73 Å². The van der Waals surface area contributed by atoms with Crippen molar-refractivity contribution in [1.29, 1.82) is 0 Å². The van der Waals surface area contributed by atoms with E-state index in [0.29, 0.717) is 18.7 Å². The van der Waals surface area contributed by atoms with E-state index < -0.39 is 0 Å². The van der Waals surface area contributed by atoms with E-state index in [9.17, 15) is 4.79 Å². The number of hydrogen-bond donors (Lipinski definition) is 1. The SMILES string of the molecule is CCCCCC=C(C)C(=O)OCCN.